The Morgan fingerprint density at radius 3 is 2.86 bits per heavy atom. The van der Waals surface area contributed by atoms with E-state index in [1.165, 1.54) is 0 Å². The normalized spacial score (nSPS) is 22.1. The van der Waals surface area contributed by atoms with Crippen molar-refractivity contribution < 1.29 is 14.6 Å². The topological polar surface area (TPSA) is 82.4 Å². The van der Waals surface area contributed by atoms with Crippen LogP contribution in [0, 0.1) is 11.3 Å². The predicted molar refractivity (Wildman–Crippen MR) is 82.3 cm³/mol. The summed E-state index contributed by atoms with van der Waals surface area (Å²) < 4.78 is 5.81. The van der Waals surface area contributed by atoms with E-state index in [0.717, 1.165) is 12.8 Å². The third-order valence-corrected chi connectivity index (χ3v) is 3.95. The highest BCUT2D eigenvalue weighted by atomic mass is 16.5. The van der Waals surface area contributed by atoms with E-state index in [4.69, 9.17) is 10.00 Å². The maximum absolute atomic E-state index is 12.1. The quantitative estimate of drug-likeness (QED) is 0.895. The number of nitriles is 1. The summed E-state index contributed by atoms with van der Waals surface area (Å²) in [6.45, 7) is 5.59. The molecule has 1 amide bonds. The fourth-order valence-electron chi connectivity index (χ4n) is 2.61. The van der Waals surface area contributed by atoms with Gasteiger partial charge in [-0.05, 0) is 38.5 Å². The van der Waals surface area contributed by atoms with Crippen molar-refractivity contribution in [2.75, 3.05) is 0 Å². The van der Waals surface area contributed by atoms with E-state index in [1.807, 2.05) is 6.92 Å². The lowest BCUT2D eigenvalue weighted by molar-refractivity contribution is -0.125. The number of benzene rings is 1. The maximum Gasteiger partial charge on any atom is 0.220 e. The van der Waals surface area contributed by atoms with Crippen LogP contribution in [-0.4, -0.2) is 22.7 Å². The molecule has 0 saturated heterocycles. The second kappa shape index (κ2) is 6.37. The molecule has 2 rings (SSSR count). The molecule has 1 aliphatic heterocycles. The summed E-state index contributed by atoms with van der Waals surface area (Å²) in [5.41, 5.74) is 0.307. The first-order chi connectivity index (χ1) is 10.4. The average Bonchev–Trinajstić information content (AvgIpc) is 2.49. The lowest BCUT2D eigenvalue weighted by atomic mass is 9.86. The number of carbonyl (C=O) groups is 1. The highest BCUT2D eigenvalue weighted by molar-refractivity contribution is 5.76. The molecule has 1 aromatic carbocycles. The van der Waals surface area contributed by atoms with Gasteiger partial charge in [-0.25, -0.2) is 0 Å². The lowest BCUT2D eigenvalue weighted by Gasteiger charge is -2.42. The number of aliphatic hydroxyl groups excluding tert-OH is 1. The number of hydrogen-bond acceptors (Lipinski definition) is 4. The van der Waals surface area contributed by atoms with Gasteiger partial charge in [-0.1, -0.05) is 13.3 Å². The molecule has 0 bridgehead atoms. The monoisotopic (exact) mass is 302 g/mol. The van der Waals surface area contributed by atoms with Gasteiger partial charge >= 0.3 is 0 Å². The van der Waals surface area contributed by atoms with Crippen molar-refractivity contribution >= 4 is 5.91 Å². The van der Waals surface area contributed by atoms with Crippen LogP contribution in [0.15, 0.2) is 18.2 Å². The molecule has 1 unspecified atom stereocenters. The molecule has 0 radical (unpaired) electrons. The number of nitrogens with zero attached hydrogens (tertiary/aromatic N) is 1. The van der Waals surface area contributed by atoms with Crippen molar-refractivity contribution in [3.8, 4) is 11.8 Å². The minimum atomic E-state index is -0.889. The Balaban J connectivity index is 2.34. The standard InChI is InChI=1S/C17H22N2O3/c1-4-5-6-14(20)19-15-12-9-11(10-18)7-8-13(12)22-17(2,3)16(15)21/h7-9,15-16,21H,4-6H2,1-3H3,(H,19,20)/t15?,16-/m0/s1. The maximum atomic E-state index is 12.1. The number of nitrogens with one attached hydrogen (secondary N) is 1. The highest BCUT2D eigenvalue weighted by Crippen LogP contribution is 2.40. The van der Waals surface area contributed by atoms with Gasteiger partial charge in [0.2, 0.25) is 5.91 Å². The van der Waals surface area contributed by atoms with Crippen molar-refractivity contribution in [2.24, 2.45) is 0 Å². The van der Waals surface area contributed by atoms with Gasteiger partial charge in [-0.2, -0.15) is 5.26 Å². The largest absolute Gasteiger partial charge is 0.485 e. The summed E-state index contributed by atoms with van der Waals surface area (Å²) in [5, 5.41) is 22.5. The second-order valence-corrected chi connectivity index (χ2v) is 6.16. The number of aliphatic hydroxyl groups is 1. The number of rotatable bonds is 4. The smallest absolute Gasteiger partial charge is 0.220 e. The van der Waals surface area contributed by atoms with Gasteiger partial charge < -0.3 is 15.2 Å². The summed E-state index contributed by atoms with van der Waals surface area (Å²) >= 11 is 0. The van der Waals surface area contributed by atoms with E-state index < -0.39 is 17.7 Å². The van der Waals surface area contributed by atoms with Gasteiger partial charge in [-0.15, -0.1) is 0 Å². The lowest BCUT2D eigenvalue weighted by Crippen LogP contribution is -2.53. The fraction of sp³-hybridized carbons (Fsp3) is 0.529. The molecular formula is C17H22N2O3. The second-order valence-electron chi connectivity index (χ2n) is 6.16. The molecule has 0 saturated carbocycles. The molecule has 0 fully saturated rings. The Hall–Kier alpha value is -2.06. The molecule has 5 nitrogen and oxygen atoms in total. The molecule has 0 aliphatic carbocycles. The third kappa shape index (κ3) is 3.23. The van der Waals surface area contributed by atoms with Crippen LogP contribution >= 0.6 is 0 Å². The first kappa shape index (κ1) is 16.3. The van der Waals surface area contributed by atoms with Crippen LogP contribution in [0.3, 0.4) is 0 Å². The summed E-state index contributed by atoms with van der Waals surface area (Å²) in [4.78, 5) is 12.1. The number of fused-ring (bicyclic) bond motifs is 1. The first-order valence-electron chi connectivity index (χ1n) is 7.59. The van der Waals surface area contributed by atoms with Gasteiger partial charge in [0.25, 0.3) is 0 Å². The fourth-order valence-corrected chi connectivity index (χ4v) is 2.61. The molecule has 1 aliphatic rings. The van der Waals surface area contributed by atoms with Crippen molar-refractivity contribution in [1.29, 1.82) is 5.26 Å². The number of ether oxygens (including phenoxy) is 1. The van der Waals surface area contributed by atoms with E-state index >= 15 is 0 Å². The number of amides is 1. The van der Waals surface area contributed by atoms with Crippen LogP contribution in [0.4, 0.5) is 0 Å². The summed E-state index contributed by atoms with van der Waals surface area (Å²) in [6.07, 6.45) is 1.28. The van der Waals surface area contributed by atoms with E-state index in [9.17, 15) is 9.90 Å². The van der Waals surface area contributed by atoms with Gasteiger partial charge in [-0.3, -0.25) is 4.79 Å². The zero-order chi connectivity index (χ0) is 16.3. The number of unbranched alkanes of at least 4 members (excludes halogenated alkanes) is 1. The zero-order valence-corrected chi connectivity index (χ0v) is 13.2. The average molecular weight is 302 g/mol. The molecule has 1 heterocycles. The molecule has 5 heteroatoms. The third-order valence-electron chi connectivity index (χ3n) is 3.95. The van der Waals surface area contributed by atoms with E-state index in [2.05, 4.69) is 11.4 Å². The first-order valence-corrected chi connectivity index (χ1v) is 7.59. The van der Waals surface area contributed by atoms with Crippen molar-refractivity contribution in [1.82, 2.24) is 5.32 Å². The number of hydrogen-bond donors (Lipinski definition) is 2. The molecule has 118 valence electrons. The van der Waals surface area contributed by atoms with Gasteiger partial charge in [0, 0.05) is 12.0 Å². The molecule has 22 heavy (non-hydrogen) atoms. The molecule has 0 spiro atoms. The predicted octanol–water partition coefficient (Wildman–Crippen LogP) is 2.44. The van der Waals surface area contributed by atoms with Crippen LogP contribution in [0.2, 0.25) is 0 Å². The van der Waals surface area contributed by atoms with E-state index in [-0.39, 0.29) is 5.91 Å². The molecule has 0 aromatic heterocycles. The zero-order valence-electron chi connectivity index (χ0n) is 13.2. The van der Waals surface area contributed by atoms with Crippen LogP contribution in [0.5, 0.6) is 5.75 Å². The Morgan fingerprint density at radius 2 is 2.23 bits per heavy atom. The van der Waals surface area contributed by atoms with E-state index in [1.54, 1.807) is 32.0 Å². The highest BCUT2D eigenvalue weighted by Gasteiger charge is 2.43. The van der Waals surface area contributed by atoms with E-state index in [0.29, 0.717) is 23.3 Å². The van der Waals surface area contributed by atoms with Gasteiger partial charge in [0.15, 0.2) is 0 Å². The van der Waals surface area contributed by atoms with Crippen LogP contribution in [0.25, 0.3) is 0 Å². The minimum absolute atomic E-state index is 0.100. The van der Waals surface area contributed by atoms with Crippen molar-refractivity contribution in [3.05, 3.63) is 29.3 Å². The summed E-state index contributed by atoms with van der Waals surface area (Å²) in [6, 6.07) is 6.55. The summed E-state index contributed by atoms with van der Waals surface area (Å²) in [7, 11) is 0. The molecule has 1 aromatic rings. The Morgan fingerprint density at radius 1 is 1.50 bits per heavy atom. The summed E-state index contributed by atoms with van der Waals surface area (Å²) in [5.74, 6) is 0.493. The molecular weight excluding hydrogens is 280 g/mol. The SMILES string of the molecule is CCCCC(=O)NC1c2cc(C#N)ccc2OC(C)(C)[C@H]1O. The van der Waals surface area contributed by atoms with Gasteiger partial charge in [0.05, 0.1) is 17.7 Å². The van der Waals surface area contributed by atoms with Gasteiger partial charge in [0.1, 0.15) is 17.5 Å². The van der Waals surface area contributed by atoms with Crippen molar-refractivity contribution in [3.63, 3.8) is 0 Å². The van der Waals surface area contributed by atoms with Crippen LogP contribution in [-0.2, 0) is 4.79 Å². The Kier molecular flexibility index (Phi) is 4.72. The molecule has 2 N–H and O–H groups in total. The van der Waals surface area contributed by atoms with Crippen molar-refractivity contribution in [2.45, 2.75) is 57.8 Å². The Labute approximate surface area is 130 Å². The molecule has 2 atom stereocenters. The Bertz CT molecular complexity index is 604. The van der Waals surface area contributed by atoms with Crippen LogP contribution < -0.4 is 10.1 Å². The van der Waals surface area contributed by atoms with Crippen LogP contribution in [0.1, 0.15) is 57.2 Å². The minimum Gasteiger partial charge on any atom is -0.485 e. The number of carbonyl (C=O) groups excluding carboxylic acids is 1.